The van der Waals surface area contributed by atoms with Gasteiger partial charge in [0.25, 0.3) is 0 Å². The van der Waals surface area contributed by atoms with Crippen LogP contribution < -0.4 is 10.1 Å². The van der Waals surface area contributed by atoms with E-state index < -0.39 is 0 Å². The van der Waals surface area contributed by atoms with E-state index in [4.69, 9.17) is 9.47 Å². The van der Waals surface area contributed by atoms with Crippen molar-refractivity contribution in [3.05, 3.63) is 11.9 Å². The fraction of sp³-hybridized carbons (Fsp3) is 0.786. The van der Waals surface area contributed by atoms with Crippen molar-refractivity contribution in [3.63, 3.8) is 0 Å². The van der Waals surface area contributed by atoms with E-state index in [0.29, 0.717) is 6.61 Å². The highest BCUT2D eigenvalue weighted by Gasteiger charge is 2.28. The van der Waals surface area contributed by atoms with Crippen LogP contribution in [0.3, 0.4) is 0 Å². The predicted octanol–water partition coefficient (Wildman–Crippen LogP) is 2.28. The zero-order valence-corrected chi connectivity index (χ0v) is 12.8. The van der Waals surface area contributed by atoms with Crippen LogP contribution in [0.15, 0.2) is 6.20 Å². The van der Waals surface area contributed by atoms with Gasteiger partial charge in [0.15, 0.2) is 5.75 Å². The zero-order chi connectivity index (χ0) is 14.3. The molecule has 19 heavy (non-hydrogen) atoms. The lowest BCUT2D eigenvalue weighted by Crippen LogP contribution is -2.35. The molecule has 0 radical (unpaired) electrons. The van der Waals surface area contributed by atoms with Gasteiger partial charge in [0.2, 0.25) is 0 Å². The molecule has 1 aromatic heterocycles. The highest BCUT2D eigenvalue weighted by Crippen LogP contribution is 2.29. The molecule has 0 spiro atoms. The van der Waals surface area contributed by atoms with Gasteiger partial charge in [0, 0.05) is 13.7 Å². The van der Waals surface area contributed by atoms with E-state index in [2.05, 4.69) is 24.3 Å². The van der Waals surface area contributed by atoms with Gasteiger partial charge in [0.05, 0.1) is 31.1 Å². The SMILES string of the molecule is CCCC(OCC)C(NCC)c1c(OC)cnn1C. The quantitative estimate of drug-likeness (QED) is 0.747. The molecule has 0 saturated heterocycles. The number of rotatable bonds is 9. The van der Waals surface area contributed by atoms with Crippen molar-refractivity contribution in [2.24, 2.45) is 7.05 Å². The monoisotopic (exact) mass is 269 g/mol. The van der Waals surface area contributed by atoms with Crippen molar-refractivity contribution >= 4 is 0 Å². The molecule has 2 unspecified atom stereocenters. The van der Waals surface area contributed by atoms with Crippen LogP contribution in [0, 0.1) is 0 Å². The van der Waals surface area contributed by atoms with E-state index in [1.54, 1.807) is 13.3 Å². The van der Waals surface area contributed by atoms with Crippen molar-refractivity contribution in [3.8, 4) is 5.75 Å². The molecule has 0 amide bonds. The molecule has 0 aliphatic heterocycles. The van der Waals surface area contributed by atoms with Crippen LogP contribution in [0.5, 0.6) is 5.75 Å². The molecule has 1 heterocycles. The summed E-state index contributed by atoms with van der Waals surface area (Å²) in [7, 11) is 3.62. The third-order valence-corrected chi connectivity index (χ3v) is 3.21. The minimum Gasteiger partial charge on any atom is -0.493 e. The second kappa shape index (κ2) is 8.17. The van der Waals surface area contributed by atoms with Crippen molar-refractivity contribution in [1.82, 2.24) is 15.1 Å². The summed E-state index contributed by atoms with van der Waals surface area (Å²) in [5, 5.41) is 7.79. The van der Waals surface area contributed by atoms with Gasteiger partial charge in [-0.2, -0.15) is 5.10 Å². The maximum atomic E-state index is 5.92. The second-order valence-corrected chi connectivity index (χ2v) is 4.54. The Morgan fingerprint density at radius 2 is 2.11 bits per heavy atom. The summed E-state index contributed by atoms with van der Waals surface area (Å²) in [6, 6.07) is 0.104. The molecule has 0 aromatic carbocycles. The Bertz CT molecular complexity index is 360. The molecular formula is C14H27N3O2. The zero-order valence-electron chi connectivity index (χ0n) is 12.8. The van der Waals surface area contributed by atoms with E-state index >= 15 is 0 Å². The Balaban J connectivity index is 3.05. The normalized spacial score (nSPS) is 14.4. The first kappa shape index (κ1) is 16.0. The molecule has 110 valence electrons. The van der Waals surface area contributed by atoms with Gasteiger partial charge >= 0.3 is 0 Å². The standard InChI is InChI=1S/C14H27N3O2/c1-6-9-11(19-8-3)13(15-7-2)14-12(18-5)10-16-17(14)4/h10-11,13,15H,6-9H2,1-5H3. The summed E-state index contributed by atoms with van der Waals surface area (Å²) >= 11 is 0. The Morgan fingerprint density at radius 1 is 1.37 bits per heavy atom. The molecule has 0 bridgehead atoms. The van der Waals surface area contributed by atoms with Crippen molar-refractivity contribution in [2.75, 3.05) is 20.3 Å². The van der Waals surface area contributed by atoms with Gasteiger partial charge in [-0.1, -0.05) is 20.3 Å². The lowest BCUT2D eigenvalue weighted by Gasteiger charge is -2.28. The van der Waals surface area contributed by atoms with Crippen LogP contribution in [0.2, 0.25) is 0 Å². The van der Waals surface area contributed by atoms with Gasteiger partial charge < -0.3 is 14.8 Å². The molecule has 0 aliphatic rings. The summed E-state index contributed by atoms with van der Waals surface area (Å²) in [6.07, 6.45) is 4.00. The van der Waals surface area contributed by atoms with Gasteiger partial charge in [-0.05, 0) is 19.9 Å². The Labute approximate surface area is 116 Å². The molecule has 0 saturated carbocycles. The van der Waals surface area contributed by atoms with E-state index in [1.165, 1.54) is 0 Å². The predicted molar refractivity (Wildman–Crippen MR) is 76.5 cm³/mol. The second-order valence-electron chi connectivity index (χ2n) is 4.54. The molecule has 5 nitrogen and oxygen atoms in total. The summed E-state index contributed by atoms with van der Waals surface area (Å²) < 4.78 is 13.2. The van der Waals surface area contributed by atoms with Crippen molar-refractivity contribution in [2.45, 2.75) is 45.8 Å². The highest BCUT2D eigenvalue weighted by molar-refractivity contribution is 5.29. The summed E-state index contributed by atoms with van der Waals surface area (Å²) in [6.45, 7) is 7.91. The maximum absolute atomic E-state index is 5.92. The van der Waals surface area contributed by atoms with Crippen LogP contribution in [0.1, 0.15) is 45.3 Å². The van der Waals surface area contributed by atoms with Crippen LogP contribution in [0.25, 0.3) is 0 Å². The first-order valence-corrected chi connectivity index (χ1v) is 7.10. The van der Waals surface area contributed by atoms with Gasteiger partial charge in [-0.3, -0.25) is 4.68 Å². The molecule has 0 aliphatic carbocycles. The molecule has 0 fully saturated rings. The first-order chi connectivity index (χ1) is 9.19. The number of hydrogen-bond donors (Lipinski definition) is 1. The Kier molecular flexibility index (Phi) is 6.87. The smallest absolute Gasteiger partial charge is 0.161 e. The minimum absolute atomic E-state index is 0.104. The van der Waals surface area contributed by atoms with E-state index in [-0.39, 0.29) is 12.1 Å². The van der Waals surface area contributed by atoms with Crippen molar-refractivity contribution in [1.29, 1.82) is 0 Å². The summed E-state index contributed by atoms with van der Waals surface area (Å²) in [5.41, 5.74) is 1.05. The minimum atomic E-state index is 0.104. The number of likely N-dealkylation sites (N-methyl/N-ethyl adjacent to an activating group) is 1. The van der Waals surface area contributed by atoms with Crippen molar-refractivity contribution < 1.29 is 9.47 Å². The molecule has 1 aromatic rings. The number of hydrogen-bond acceptors (Lipinski definition) is 4. The van der Waals surface area contributed by atoms with Crippen LogP contribution >= 0.6 is 0 Å². The lowest BCUT2D eigenvalue weighted by molar-refractivity contribution is 0.0254. The van der Waals surface area contributed by atoms with Gasteiger partial charge in [-0.15, -0.1) is 0 Å². The number of nitrogens with zero attached hydrogens (tertiary/aromatic N) is 2. The van der Waals surface area contributed by atoms with Crippen LogP contribution in [-0.4, -0.2) is 36.1 Å². The molecule has 1 N–H and O–H groups in total. The Hall–Kier alpha value is -1.07. The average Bonchev–Trinajstić information content (AvgIpc) is 2.77. The molecule has 5 heteroatoms. The summed E-state index contributed by atoms with van der Waals surface area (Å²) in [4.78, 5) is 0. The molecule has 2 atom stereocenters. The topological polar surface area (TPSA) is 48.3 Å². The highest BCUT2D eigenvalue weighted by atomic mass is 16.5. The van der Waals surface area contributed by atoms with E-state index in [1.807, 2.05) is 18.7 Å². The fourth-order valence-electron chi connectivity index (χ4n) is 2.41. The third kappa shape index (κ3) is 3.94. The van der Waals surface area contributed by atoms with Crippen LogP contribution in [-0.2, 0) is 11.8 Å². The van der Waals surface area contributed by atoms with Crippen LogP contribution in [0.4, 0.5) is 0 Å². The van der Waals surface area contributed by atoms with E-state index in [0.717, 1.165) is 30.8 Å². The van der Waals surface area contributed by atoms with Gasteiger partial charge in [-0.25, -0.2) is 0 Å². The summed E-state index contributed by atoms with van der Waals surface area (Å²) in [5.74, 6) is 0.814. The largest absolute Gasteiger partial charge is 0.493 e. The number of aromatic nitrogens is 2. The maximum Gasteiger partial charge on any atom is 0.161 e. The number of methoxy groups -OCH3 is 1. The fourth-order valence-corrected chi connectivity index (χ4v) is 2.41. The molecular weight excluding hydrogens is 242 g/mol. The molecule has 1 rings (SSSR count). The number of nitrogens with one attached hydrogen (secondary N) is 1. The Morgan fingerprint density at radius 3 is 2.63 bits per heavy atom. The number of ether oxygens (including phenoxy) is 2. The first-order valence-electron chi connectivity index (χ1n) is 7.10. The average molecular weight is 269 g/mol. The van der Waals surface area contributed by atoms with E-state index in [9.17, 15) is 0 Å². The lowest BCUT2D eigenvalue weighted by atomic mass is 10.0. The number of aryl methyl sites for hydroxylation is 1. The van der Waals surface area contributed by atoms with Gasteiger partial charge in [0.1, 0.15) is 0 Å². The third-order valence-electron chi connectivity index (χ3n) is 3.21.